The minimum atomic E-state index is -0.152. The van der Waals surface area contributed by atoms with Crippen molar-refractivity contribution in [2.45, 2.75) is 40.3 Å². The minimum Gasteiger partial charge on any atom is -0.483 e. The summed E-state index contributed by atoms with van der Waals surface area (Å²) in [6.45, 7) is 9.39. The van der Waals surface area contributed by atoms with Gasteiger partial charge in [0.05, 0.1) is 11.0 Å². The maximum Gasteiger partial charge on any atom is 0.153 e. The van der Waals surface area contributed by atoms with Crippen molar-refractivity contribution in [2.75, 3.05) is 0 Å². The second-order valence-electron chi connectivity index (χ2n) is 7.50. The van der Waals surface area contributed by atoms with E-state index in [9.17, 15) is 0 Å². The van der Waals surface area contributed by atoms with Gasteiger partial charge in [-0.3, -0.25) is 0 Å². The van der Waals surface area contributed by atoms with Crippen molar-refractivity contribution in [3.63, 3.8) is 0 Å². The fourth-order valence-corrected chi connectivity index (χ4v) is 3.94. The van der Waals surface area contributed by atoms with Crippen molar-refractivity contribution in [1.82, 2.24) is 9.55 Å². The van der Waals surface area contributed by atoms with Gasteiger partial charge in [0.1, 0.15) is 5.75 Å². The van der Waals surface area contributed by atoms with Gasteiger partial charge in [0, 0.05) is 6.54 Å². The molecule has 0 aliphatic carbocycles. The highest BCUT2D eigenvalue weighted by Crippen LogP contribution is 2.27. The highest BCUT2D eigenvalue weighted by molar-refractivity contribution is 5.76. The molecule has 4 aromatic rings. The van der Waals surface area contributed by atoms with Crippen LogP contribution < -0.4 is 4.74 Å². The van der Waals surface area contributed by atoms with Crippen LogP contribution in [0.25, 0.3) is 11.0 Å². The first-order valence-electron chi connectivity index (χ1n) is 9.76. The molecule has 4 rings (SSSR count). The smallest absolute Gasteiger partial charge is 0.153 e. The molecule has 1 heterocycles. The van der Waals surface area contributed by atoms with E-state index in [2.05, 4.69) is 62.6 Å². The molecule has 142 valence electrons. The topological polar surface area (TPSA) is 27.1 Å². The van der Waals surface area contributed by atoms with Gasteiger partial charge in [0.15, 0.2) is 11.9 Å². The van der Waals surface area contributed by atoms with Gasteiger partial charge in [-0.1, -0.05) is 48.0 Å². The van der Waals surface area contributed by atoms with Crippen LogP contribution in [0.2, 0.25) is 0 Å². The van der Waals surface area contributed by atoms with E-state index in [-0.39, 0.29) is 6.10 Å². The highest BCUT2D eigenvalue weighted by atomic mass is 16.5. The molecule has 28 heavy (non-hydrogen) atoms. The Morgan fingerprint density at radius 3 is 2.25 bits per heavy atom. The van der Waals surface area contributed by atoms with Crippen LogP contribution in [0.4, 0.5) is 0 Å². The van der Waals surface area contributed by atoms with Gasteiger partial charge in [-0.2, -0.15) is 0 Å². The molecule has 0 saturated carbocycles. The van der Waals surface area contributed by atoms with Crippen LogP contribution >= 0.6 is 0 Å². The van der Waals surface area contributed by atoms with Gasteiger partial charge in [0.2, 0.25) is 0 Å². The van der Waals surface area contributed by atoms with Crippen LogP contribution in [0.5, 0.6) is 5.75 Å². The molecule has 0 spiro atoms. The maximum atomic E-state index is 6.20. The zero-order valence-corrected chi connectivity index (χ0v) is 16.9. The average Bonchev–Trinajstić information content (AvgIpc) is 3.04. The molecule has 3 aromatic carbocycles. The summed E-state index contributed by atoms with van der Waals surface area (Å²) in [5.41, 5.74) is 7.43. The summed E-state index contributed by atoms with van der Waals surface area (Å²) < 4.78 is 8.50. The Balaban J connectivity index is 1.78. The predicted molar refractivity (Wildman–Crippen MR) is 115 cm³/mol. The zero-order chi connectivity index (χ0) is 19.7. The predicted octanol–water partition coefficient (Wildman–Crippen LogP) is 6.15. The number of aromatic nitrogens is 2. The van der Waals surface area contributed by atoms with Gasteiger partial charge in [-0.05, 0) is 68.7 Å². The lowest BCUT2D eigenvalue weighted by atomic mass is 9.99. The first-order chi connectivity index (χ1) is 13.5. The zero-order valence-electron chi connectivity index (χ0n) is 16.9. The summed E-state index contributed by atoms with van der Waals surface area (Å²) in [5.74, 6) is 1.81. The number of aryl methyl sites for hydroxylation is 3. The standard InChI is InChI=1S/C25H26N2O/c1-17-14-18(2)22(19(3)15-17)16-27-24-13-9-8-12-23(24)26-25(27)20(4)28-21-10-6-5-7-11-21/h5-15,20H,16H2,1-4H3. The molecule has 1 atom stereocenters. The molecule has 3 nitrogen and oxygen atoms in total. The first-order valence-corrected chi connectivity index (χ1v) is 9.76. The largest absolute Gasteiger partial charge is 0.483 e. The molecule has 0 amide bonds. The average molecular weight is 370 g/mol. The number of ether oxygens (including phenoxy) is 1. The fraction of sp³-hybridized carbons (Fsp3) is 0.240. The van der Waals surface area contributed by atoms with Crippen LogP contribution in [0.1, 0.15) is 41.1 Å². The van der Waals surface area contributed by atoms with Crippen molar-refractivity contribution in [3.05, 3.63) is 94.8 Å². The van der Waals surface area contributed by atoms with Gasteiger partial charge in [-0.15, -0.1) is 0 Å². The highest BCUT2D eigenvalue weighted by Gasteiger charge is 2.19. The van der Waals surface area contributed by atoms with Crippen LogP contribution in [0, 0.1) is 20.8 Å². The molecular formula is C25H26N2O. The first kappa shape index (κ1) is 18.3. The van der Waals surface area contributed by atoms with E-state index in [1.807, 2.05) is 36.4 Å². The molecule has 1 aromatic heterocycles. The molecular weight excluding hydrogens is 344 g/mol. The molecule has 0 N–H and O–H groups in total. The van der Waals surface area contributed by atoms with Crippen molar-refractivity contribution >= 4 is 11.0 Å². The monoisotopic (exact) mass is 370 g/mol. The summed E-state index contributed by atoms with van der Waals surface area (Å²) >= 11 is 0. The summed E-state index contributed by atoms with van der Waals surface area (Å²) in [6, 6.07) is 22.8. The second-order valence-corrected chi connectivity index (χ2v) is 7.50. The molecule has 0 aliphatic heterocycles. The summed E-state index contributed by atoms with van der Waals surface area (Å²) in [7, 11) is 0. The third kappa shape index (κ3) is 3.53. The third-order valence-corrected chi connectivity index (χ3v) is 5.26. The van der Waals surface area contributed by atoms with Gasteiger partial charge >= 0.3 is 0 Å². The summed E-state index contributed by atoms with van der Waals surface area (Å²) in [6.07, 6.45) is -0.152. The van der Waals surface area contributed by atoms with Crippen LogP contribution in [-0.2, 0) is 6.54 Å². The Morgan fingerprint density at radius 1 is 0.893 bits per heavy atom. The van der Waals surface area contributed by atoms with E-state index < -0.39 is 0 Å². The van der Waals surface area contributed by atoms with Crippen LogP contribution in [-0.4, -0.2) is 9.55 Å². The fourth-order valence-electron chi connectivity index (χ4n) is 3.94. The van der Waals surface area contributed by atoms with Crippen LogP contribution in [0.15, 0.2) is 66.7 Å². The van der Waals surface area contributed by atoms with Gasteiger partial charge < -0.3 is 9.30 Å². The number of imidazole rings is 1. The van der Waals surface area contributed by atoms with Crippen molar-refractivity contribution in [1.29, 1.82) is 0 Å². The lowest BCUT2D eigenvalue weighted by Gasteiger charge is -2.19. The van der Waals surface area contributed by atoms with E-state index in [4.69, 9.17) is 9.72 Å². The molecule has 0 radical (unpaired) electrons. The normalized spacial score (nSPS) is 12.3. The molecule has 0 aliphatic rings. The van der Waals surface area contributed by atoms with E-state index in [1.54, 1.807) is 0 Å². The Bertz CT molecular complexity index is 1090. The molecule has 0 fully saturated rings. The Kier molecular flexibility index (Phi) is 4.91. The van der Waals surface area contributed by atoms with E-state index >= 15 is 0 Å². The molecule has 0 bridgehead atoms. The Hall–Kier alpha value is -3.07. The van der Waals surface area contributed by atoms with E-state index in [1.165, 1.54) is 22.3 Å². The number of benzene rings is 3. The van der Waals surface area contributed by atoms with Gasteiger partial charge in [-0.25, -0.2) is 4.98 Å². The lowest BCUT2D eigenvalue weighted by molar-refractivity contribution is 0.212. The number of fused-ring (bicyclic) bond motifs is 1. The third-order valence-electron chi connectivity index (χ3n) is 5.26. The second kappa shape index (κ2) is 7.51. The summed E-state index contributed by atoms with van der Waals surface area (Å²) in [4.78, 5) is 4.92. The minimum absolute atomic E-state index is 0.152. The number of hydrogen-bond acceptors (Lipinski definition) is 2. The van der Waals surface area contributed by atoms with E-state index in [0.29, 0.717) is 0 Å². The van der Waals surface area contributed by atoms with Crippen molar-refractivity contribution in [3.8, 4) is 5.75 Å². The SMILES string of the molecule is Cc1cc(C)c(Cn2c(C(C)Oc3ccccc3)nc3ccccc32)c(C)c1. The Labute approximate surface area is 166 Å². The van der Waals surface area contributed by atoms with Crippen LogP contribution in [0.3, 0.4) is 0 Å². The maximum absolute atomic E-state index is 6.20. The number of hydrogen-bond donors (Lipinski definition) is 0. The van der Waals surface area contributed by atoms with Crippen molar-refractivity contribution in [2.24, 2.45) is 0 Å². The van der Waals surface area contributed by atoms with Crippen molar-refractivity contribution < 1.29 is 4.74 Å². The summed E-state index contributed by atoms with van der Waals surface area (Å²) in [5, 5.41) is 0. The number of rotatable bonds is 5. The molecule has 0 saturated heterocycles. The van der Waals surface area contributed by atoms with E-state index in [0.717, 1.165) is 29.2 Å². The Morgan fingerprint density at radius 2 is 1.54 bits per heavy atom. The number of para-hydroxylation sites is 3. The quantitative estimate of drug-likeness (QED) is 0.421. The molecule has 3 heteroatoms. The lowest BCUT2D eigenvalue weighted by Crippen LogP contribution is -2.14. The molecule has 1 unspecified atom stereocenters. The number of nitrogens with zero attached hydrogens (tertiary/aromatic N) is 2. The van der Waals surface area contributed by atoms with Gasteiger partial charge in [0.25, 0.3) is 0 Å².